The first-order valence-corrected chi connectivity index (χ1v) is 17.0. The lowest BCUT2D eigenvalue weighted by Gasteiger charge is -2.34. The molecule has 1 saturated heterocycles. The van der Waals surface area contributed by atoms with Crippen molar-refractivity contribution in [3.63, 3.8) is 0 Å². The lowest BCUT2D eigenvalue weighted by molar-refractivity contribution is -0.142. The number of pyridine rings is 1. The van der Waals surface area contributed by atoms with Crippen LogP contribution in [0, 0.1) is 6.92 Å². The number of thioether (sulfide) groups is 1. The van der Waals surface area contributed by atoms with E-state index in [1.54, 1.807) is 52.9 Å². The zero-order chi connectivity index (χ0) is 31.5. The third-order valence-electron chi connectivity index (χ3n) is 7.93. The van der Waals surface area contributed by atoms with Crippen molar-refractivity contribution in [1.29, 1.82) is 0 Å². The Kier molecular flexibility index (Phi) is 9.31. The van der Waals surface area contributed by atoms with Gasteiger partial charge in [0, 0.05) is 69.4 Å². The Labute approximate surface area is 279 Å². The molecule has 0 N–H and O–H groups in total. The number of hydrogen-bond donors (Lipinski definition) is 0. The number of nitrogens with zero attached hydrogens (tertiary/aromatic N) is 6. The van der Waals surface area contributed by atoms with E-state index in [9.17, 15) is 14.4 Å². The molecule has 4 aromatic rings. The van der Waals surface area contributed by atoms with Gasteiger partial charge in [-0.05, 0) is 36.8 Å². The zero-order valence-electron chi connectivity index (χ0n) is 24.9. The summed E-state index contributed by atoms with van der Waals surface area (Å²) in [6.07, 6.45) is 5.02. The molecule has 6 rings (SSSR count). The average molecular weight is 735 g/mol. The fourth-order valence-corrected chi connectivity index (χ4v) is 7.07. The van der Waals surface area contributed by atoms with E-state index in [0.29, 0.717) is 52.9 Å². The molecule has 2 amide bonds. The van der Waals surface area contributed by atoms with Crippen LogP contribution in [0.15, 0.2) is 78.1 Å². The molecular formula is C33H31IN6O4S. The molecule has 230 valence electrons. The Bertz CT molecular complexity index is 1770. The summed E-state index contributed by atoms with van der Waals surface area (Å²) >= 11 is 4.01. The number of carbonyl (C=O) groups is 3. The predicted molar refractivity (Wildman–Crippen MR) is 180 cm³/mol. The minimum absolute atomic E-state index is 0.0844. The molecule has 2 aromatic heterocycles. The number of benzene rings is 2. The average Bonchev–Trinajstić information content (AvgIpc) is 3.70. The van der Waals surface area contributed by atoms with Crippen molar-refractivity contribution >= 4 is 57.5 Å². The minimum Gasteiger partial charge on any atom is -0.494 e. The summed E-state index contributed by atoms with van der Waals surface area (Å²) in [5.41, 5.74) is 3.47. The monoisotopic (exact) mass is 734 g/mol. The number of piperazine rings is 1. The molecule has 1 atom stereocenters. The van der Waals surface area contributed by atoms with Crippen LogP contribution in [0.1, 0.15) is 38.8 Å². The van der Waals surface area contributed by atoms with E-state index >= 15 is 0 Å². The van der Waals surface area contributed by atoms with E-state index in [4.69, 9.17) is 4.74 Å². The summed E-state index contributed by atoms with van der Waals surface area (Å²) in [7, 11) is 1.53. The van der Waals surface area contributed by atoms with Crippen LogP contribution in [-0.4, -0.2) is 86.2 Å². The molecule has 3 heterocycles. The summed E-state index contributed by atoms with van der Waals surface area (Å²) in [6.45, 7) is 3.04. The highest BCUT2D eigenvalue weighted by atomic mass is 127. The van der Waals surface area contributed by atoms with Gasteiger partial charge in [0.05, 0.1) is 13.3 Å². The van der Waals surface area contributed by atoms with E-state index in [1.807, 2.05) is 24.3 Å². The van der Waals surface area contributed by atoms with Gasteiger partial charge in [0.25, 0.3) is 17.6 Å². The number of ether oxygens (including phenoxy) is 1. The summed E-state index contributed by atoms with van der Waals surface area (Å²) in [6, 6.07) is 17.5. The highest BCUT2D eigenvalue weighted by Crippen LogP contribution is 2.46. The number of hydrogen-bond acceptors (Lipinski definition) is 8. The second-order valence-corrected chi connectivity index (χ2v) is 12.6. The van der Waals surface area contributed by atoms with Gasteiger partial charge in [0.15, 0.2) is 5.82 Å². The molecule has 12 heteroatoms. The quantitative estimate of drug-likeness (QED) is 0.105. The number of halogens is 1. The number of methoxy groups -OCH3 is 1. The second-order valence-electron chi connectivity index (χ2n) is 10.7. The smallest absolute Gasteiger partial charge is 0.295 e. The lowest BCUT2D eigenvalue weighted by atomic mass is 9.99. The molecule has 2 aliphatic rings. The largest absolute Gasteiger partial charge is 0.494 e. The third-order valence-corrected chi connectivity index (χ3v) is 9.95. The number of alkyl halides is 1. The summed E-state index contributed by atoms with van der Waals surface area (Å²) in [5, 5.41) is 4.49. The van der Waals surface area contributed by atoms with Crippen molar-refractivity contribution in [3.8, 4) is 11.6 Å². The van der Waals surface area contributed by atoms with Crippen molar-refractivity contribution in [3.05, 3.63) is 101 Å². The van der Waals surface area contributed by atoms with E-state index in [-0.39, 0.29) is 24.9 Å². The van der Waals surface area contributed by atoms with Crippen LogP contribution >= 0.6 is 34.4 Å². The molecule has 0 spiro atoms. The highest BCUT2D eigenvalue weighted by molar-refractivity contribution is 14.1. The van der Waals surface area contributed by atoms with Crippen molar-refractivity contribution in [1.82, 2.24) is 29.5 Å². The molecule has 1 fully saturated rings. The number of fused-ring (bicyclic) bond motifs is 1. The van der Waals surface area contributed by atoms with Gasteiger partial charge >= 0.3 is 0 Å². The molecule has 0 bridgehead atoms. The number of Topliss-reactive ketones (excluding diaryl/α,β-unsaturated/α-hetero) is 1. The molecule has 1 unspecified atom stereocenters. The number of rotatable bonds is 9. The maximum Gasteiger partial charge on any atom is 0.295 e. The van der Waals surface area contributed by atoms with Crippen molar-refractivity contribution in [2.75, 3.05) is 39.0 Å². The Morgan fingerprint density at radius 3 is 2.33 bits per heavy atom. The minimum atomic E-state index is -0.608. The molecule has 0 saturated carbocycles. The summed E-state index contributed by atoms with van der Waals surface area (Å²) in [4.78, 5) is 53.9. The van der Waals surface area contributed by atoms with Crippen LogP contribution in [0.3, 0.4) is 0 Å². The Morgan fingerprint density at radius 2 is 1.69 bits per heavy atom. The van der Waals surface area contributed by atoms with E-state index < -0.39 is 11.7 Å². The SMILES string of the molecule is COc1cnc(-n2cnc(C)n2)c2c1C(C(=O)C(=O)N1CCN(C(=O)c3ccccc3)CC1)=CC2CSc1ccc(CI)cc1. The second kappa shape index (κ2) is 13.5. The number of aryl methyl sites for hydroxylation is 1. The fourth-order valence-electron chi connectivity index (χ4n) is 5.60. The van der Waals surface area contributed by atoms with E-state index in [2.05, 4.69) is 61.9 Å². The van der Waals surface area contributed by atoms with Crippen molar-refractivity contribution in [2.24, 2.45) is 0 Å². The Hall–Kier alpha value is -4.04. The van der Waals surface area contributed by atoms with Gasteiger partial charge in [-0.3, -0.25) is 14.4 Å². The molecule has 1 aliphatic heterocycles. The molecule has 10 nitrogen and oxygen atoms in total. The van der Waals surface area contributed by atoms with E-state index in [1.165, 1.54) is 17.6 Å². The first-order valence-electron chi connectivity index (χ1n) is 14.5. The van der Waals surface area contributed by atoms with Crippen molar-refractivity contribution in [2.45, 2.75) is 22.2 Å². The maximum atomic E-state index is 14.0. The molecule has 2 aromatic carbocycles. The normalized spacial score (nSPS) is 15.9. The first kappa shape index (κ1) is 31.0. The zero-order valence-corrected chi connectivity index (χ0v) is 27.8. The molecular weight excluding hydrogens is 703 g/mol. The third kappa shape index (κ3) is 6.39. The van der Waals surface area contributed by atoms with Gasteiger partial charge in [0.1, 0.15) is 17.9 Å². The van der Waals surface area contributed by atoms with Crippen LogP contribution in [0.25, 0.3) is 11.4 Å². The highest BCUT2D eigenvalue weighted by Gasteiger charge is 2.38. The van der Waals surface area contributed by atoms with Gasteiger partial charge in [-0.25, -0.2) is 14.6 Å². The molecule has 1 aliphatic carbocycles. The van der Waals surface area contributed by atoms with Gasteiger partial charge in [-0.2, -0.15) is 5.10 Å². The maximum absolute atomic E-state index is 14.0. The van der Waals surface area contributed by atoms with E-state index in [0.717, 1.165) is 14.9 Å². The number of ketones is 1. The van der Waals surface area contributed by atoms with Gasteiger partial charge in [0.2, 0.25) is 0 Å². The standard InChI is InChI=1S/C33H31IN6O4S/c1-21-36-20-40(37-21)31-28-24(19-45-25-10-8-22(17-34)9-11-25)16-26(29(28)27(44-2)18-35-31)30(41)33(43)39-14-12-38(13-15-39)32(42)23-6-4-3-5-7-23/h3-11,16,18,20,24H,12-15,17,19H2,1-2H3. The van der Waals surface area contributed by atoms with Gasteiger partial charge < -0.3 is 14.5 Å². The number of aromatic nitrogens is 4. The summed E-state index contributed by atoms with van der Waals surface area (Å²) in [5.74, 6) is 0.610. The molecule has 0 radical (unpaired) electrons. The summed E-state index contributed by atoms with van der Waals surface area (Å²) < 4.78 is 8.24. The predicted octanol–water partition coefficient (Wildman–Crippen LogP) is 4.74. The number of amides is 2. The first-order chi connectivity index (χ1) is 21.9. The van der Waals surface area contributed by atoms with Crippen LogP contribution < -0.4 is 4.74 Å². The topological polar surface area (TPSA) is 111 Å². The van der Waals surface area contributed by atoms with Gasteiger partial charge in [-0.1, -0.05) is 59.0 Å². The van der Waals surface area contributed by atoms with Crippen LogP contribution in [0.2, 0.25) is 0 Å². The Morgan fingerprint density at radius 1 is 0.978 bits per heavy atom. The number of carbonyl (C=O) groups excluding carboxylic acids is 3. The number of allylic oxidation sites excluding steroid dienone is 1. The van der Waals surface area contributed by atoms with Crippen LogP contribution in [-0.2, 0) is 14.0 Å². The fraction of sp³-hybridized carbons (Fsp3) is 0.273. The van der Waals surface area contributed by atoms with Crippen LogP contribution in [0.4, 0.5) is 0 Å². The lowest BCUT2D eigenvalue weighted by Crippen LogP contribution is -2.52. The van der Waals surface area contributed by atoms with Crippen molar-refractivity contribution < 1.29 is 19.1 Å². The molecule has 45 heavy (non-hydrogen) atoms. The Balaban J connectivity index is 1.27. The van der Waals surface area contributed by atoms with Crippen LogP contribution in [0.5, 0.6) is 5.75 Å². The van der Waals surface area contributed by atoms with Gasteiger partial charge in [-0.15, -0.1) is 11.8 Å².